The van der Waals surface area contributed by atoms with Crippen molar-refractivity contribution >= 4 is 12.1 Å². The van der Waals surface area contributed by atoms with Crippen LogP contribution in [0, 0.1) is 5.92 Å². The number of nitrogens with one attached hydrogen (secondary N) is 1. The number of rotatable bonds is 4. The first-order chi connectivity index (χ1) is 11.2. The molecule has 0 bridgehead atoms. The van der Waals surface area contributed by atoms with Gasteiger partial charge < -0.3 is 24.8 Å². The van der Waals surface area contributed by atoms with E-state index in [2.05, 4.69) is 27.0 Å². The van der Waals surface area contributed by atoms with Crippen molar-refractivity contribution < 1.29 is 9.53 Å². The van der Waals surface area contributed by atoms with E-state index in [9.17, 15) is 4.79 Å². The van der Waals surface area contributed by atoms with Crippen LogP contribution in [0.25, 0.3) is 0 Å². The van der Waals surface area contributed by atoms with Gasteiger partial charge in [0.2, 0.25) is 0 Å². The van der Waals surface area contributed by atoms with Crippen LogP contribution in [0.5, 0.6) is 0 Å². The molecule has 0 saturated carbocycles. The van der Waals surface area contributed by atoms with Gasteiger partial charge in [-0.3, -0.25) is 4.99 Å². The Kier molecular flexibility index (Phi) is 6.95. The van der Waals surface area contributed by atoms with Gasteiger partial charge in [-0.2, -0.15) is 0 Å². The quantitative estimate of drug-likeness (QED) is 0.608. The molecule has 0 aliphatic carbocycles. The fourth-order valence-electron chi connectivity index (χ4n) is 3.25. The van der Waals surface area contributed by atoms with Crippen molar-refractivity contribution in [2.45, 2.75) is 20.3 Å². The minimum atomic E-state index is -0.208. The van der Waals surface area contributed by atoms with Crippen molar-refractivity contribution in [1.29, 1.82) is 0 Å². The SMILES string of the molecule is CCOC(=O)N1CCN(C(=NC)NCC2CCN(CC)C2)CC1. The minimum Gasteiger partial charge on any atom is -0.450 e. The van der Waals surface area contributed by atoms with Crippen molar-refractivity contribution in [3.05, 3.63) is 0 Å². The molecule has 2 fully saturated rings. The summed E-state index contributed by atoms with van der Waals surface area (Å²) < 4.78 is 5.06. The van der Waals surface area contributed by atoms with Crippen LogP contribution in [-0.4, -0.2) is 92.8 Å². The van der Waals surface area contributed by atoms with Gasteiger partial charge in [0.05, 0.1) is 6.61 Å². The maximum absolute atomic E-state index is 11.7. The Morgan fingerprint density at radius 3 is 2.43 bits per heavy atom. The van der Waals surface area contributed by atoms with Gasteiger partial charge in [-0.25, -0.2) is 4.79 Å². The predicted molar refractivity (Wildman–Crippen MR) is 91.8 cm³/mol. The van der Waals surface area contributed by atoms with Crippen LogP contribution >= 0.6 is 0 Å². The van der Waals surface area contributed by atoms with Gasteiger partial charge in [-0.1, -0.05) is 6.92 Å². The Bertz CT molecular complexity index is 407. The van der Waals surface area contributed by atoms with E-state index in [1.165, 1.54) is 19.5 Å². The van der Waals surface area contributed by atoms with Gasteiger partial charge in [-0.05, 0) is 32.4 Å². The molecule has 7 nitrogen and oxygen atoms in total. The maximum Gasteiger partial charge on any atom is 0.409 e. The van der Waals surface area contributed by atoms with Crippen molar-refractivity contribution in [2.24, 2.45) is 10.9 Å². The molecule has 132 valence electrons. The van der Waals surface area contributed by atoms with Crippen LogP contribution in [0.1, 0.15) is 20.3 Å². The second kappa shape index (κ2) is 8.96. The highest BCUT2D eigenvalue weighted by atomic mass is 16.6. The number of nitrogens with zero attached hydrogens (tertiary/aromatic N) is 4. The molecule has 1 unspecified atom stereocenters. The molecule has 0 radical (unpaired) electrons. The summed E-state index contributed by atoms with van der Waals surface area (Å²) in [6.07, 6.45) is 1.05. The zero-order valence-electron chi connectivity index (χ0n) is 14.8. The zero-order valence-corrected chi connectivity index (χ0v) is 14.8. The molecule has 1 amide bonds. The van der Waals surface area contributed by atoms with E-state index in [0.29, 0.717) is 25.6 Å². The largest absolute Gasteiger partial charge is 0.450 e. The molecule has 0 aromatic carbocycles. The van der Waals surface area contributed by atoms with Crippen LogP contribution in [0.3, 0.4) is 0 Å². The summed E-state index contributed by atoms with van der Waals surface area (Å²) >= 11 is 0. The lowest BCUT2D eigenvalue weighted by Crippen LogP contribution is -2.54. The number of guanidine groups is 1. The maximum atomic E-state index is 11.7. The first-order valence-electron chi connectivity index (χ1n) is 8.77. The molecule has 0 aromatic heterocycles. The Morgan fingerprint density at radius 1 is 1.17 bits per heavy atom. The molecular formula is C16H31N5O2. The second-order valence-corrected chi connectivity index (χ2v) is 6.15. The van der Waals surface area contributed by atoms with Crippen LogP contribution < -0.4 is 5.32 Å². The van der Waals surface area contributed by atoms with Gasteiger partial charge >= 0.3 is 6.09 Å². The Morgan fingerprint density at radius 2 is 1.87 bits per heavy atom. The van der Waals surface area contributed by atoms with Crippen LogP contribution in [-0.2, 0) is 4.74 Å². The molecule has 2 heterocycles. The molecular weight excluding hydrogens is 294 g/mol. The lowest BCUT2D eigenvalue weighted by atomic mass is 10.1. The molecule has 0 spiro atoms. The molecule has 2 saturated heterocycles. The summed E-state index contributed by atoms with van der Waals surface area (Å²) in [6, 6.07) is 0. The van der Waals surface area contributed by atoms with E-state index in [0.717, 1.165) is 32.1 Å². The van der Waals surface area contributed by atoms with E-state index in [1.807, 2.05) is 14.0 Å². The van der Waals surface area contributed by atoms with Gasteiger partial charge in [0.1, 0.15) is 0 Å². The lowest BCUT2D eigenvalue weighted by molar-refractivity contribution is 0.0914. The van der Waals surface area contributed by atoms with E-state index in [4.69, 9.17) is 4.74 Å². The summed E-state index contributed by atoms with van der Waals surface area (Å²) in [7, 11) is 1.83. The number of aliphatic imine (C=N–C) groups is 1. The fraction of sp³-hybridized carbons (Fsp3) is 0.875. The predicted octanol–water partition coefficient (Wildman–Crippen LogP) is 0.678. The van der Waals surface area contributed by atoms with Crippen molar-refractivity contribution in [1.82, 2.24) is 20.0 Å². The fourth-order valence-corrected chi connectivity index (χ4v) is 3.25. The first-order valence-corrected chi connectivity index (χ1v) is 8.77. The summed E-state index contributed by atoms with van der Waals surface area (Å²) in [5.74, 6) is 1.65. The Balaban J connectivity index is 1.74. The smallest absolute Gasteiger partial charge is 0.409 e. The van der Waals surface area contributed by atoms with Crippen molar-refractivity contribution in [2.75, 3.05) is 66.0 Å². The molecule has 1 N–H and O–H groups in total. The number of ether oxygens (including phenoxy) is 1. The van der Waals surface area contributed by atoms with Crippen molar-refractivity contribution in [3.8, 4) is 0 Å². The number of likely N-dealkylation sites (tertiary alicyclic amines) is 1. The van der Waals surface area contributed by atoms with E-state index < -0.39 is 0 Å². The highest BCUT2D eigenvalue weighted by molar-refractivity contribution is 5.80. The van der Waals surface area contributed by atoms with E-state index in [-0.39, 0.29) is 6.09 Å². The summed E-state index contributed by atoms with van der Waals surface area (Å²) in [5.41, 5.74) is 0. The molecule has 7 heteroatoms. The van der Waals surface area contributed by atoms with Crippen LogP contribution in [0.15, 0.2) is 4.99 Å². The number of hydrogen-bond acceptors (Lipinski definition) is 4. The number of piperazine rings is 1. The topological polar surface area (TPSA) is 60.4 Å². The highest BCUT2D eigenvalue weighted by Crippen LogP contribution is 2.14. The number of carbonyl (C=O) groups is 1. The molecule has 2 rings (SSSR count). The third-order valence-corrected chi connectivity index (χ3v) is 4.68. The minimum absolute atomic E-state index is 0.208. The standard InChI is InChI=1S/C16H31N5O2/c1-4-19-7-6-14(13-19)12-18-15(17-3)20-8-10-21(11-9-20)16(22)23-5-2/h14H,4-13H2,1-3H3,(H,17,18). The number of amides is 1. The summed E-state index contributed by atoms with van der Waals surface area (Å²) in [5, 5.41) is 3.51. The average Bonchev–Trinajstić information content (AvgIpc) is 3.04. The highest BCUT2D eigenvalue weighted by Gasteiger charge is 2.25. The number of hydrogen-bond donors (Lipinski definition) is 1. The third kappa shape index (κ3) is 4.99. The lowest BCUT2D eigenvalue weighted by Gasteiger charge is -2.36. The average molecular weight is 325 g/mol. The third-order valence-electron chi connectivity index (χ3n) is 4.68. The Labute approximate surface area is 139 Å². The molecule has 0 aromatic rings. The Hall–Kier alpha value is -1.50. The van der Waals surface area contributed by atoms with Gasteiger partial charge in [0.15, 0.2) is 5.96 Å². The first kappa shape index (κ1) is 17.8. The molecule has 2 aliphatic heterocycles. The second-order valence-electron chi connectivity index (χ2n) is 6.15. The van der Waals surface area contributed by atoms with Gasteiger partial charge in [-0.15, -0.1) is 0 Å². The van der Waals surface area contributed by atoms with Gasteiger partial charge in [0, 0.05) is 46.3 Å². The van der Waals surface area contributed by atoms with Crippen molar-refractivity contribution in [3.63, 3.8) is 0 Å². The van der Waals surface area contributed by atoms with Crippen LogP contribution in [0.4, 0.5) is 4.79 Å². The molecule has 2 aliphatic rings. The molecule has 1 atom stereocenters. The van der Waals surface area contributed by atoms with Crippen LogP contribution in [0.2, 0.25) is 0 Å². The van der Waals surface area contributed by atoms with Gasteiger partial charge in [0.25, 0.3) is 0 Å². The monoisotopic (exact) mass is 325 g/mol. The molecule has 23 heavy (non-hydrogen) atoms. The van der Waals surface area contributed by atoms with E-state index in [1.54, 1.807) is 4.90 Å². The number of carbonyl (C=O) groups excluding carboxylic acids is 1. The summed E-state index contributed by atoms with van der Waals surface area (Å²) in [6.45, 7) is 11.9. The normalized spacial score (nSPS) is 23.3. The zero-order chi connectivity index (χ0) is 16.7. The summed E-state index contributed by atoms with van der Waals surface area (Å²) in [4.78, 5) is 22.6. The van der Waals surface area contributed by atoms with E-state index >= 15 is 0 Å².